The Bertz CT molecular complexity index is 715. The molecule has 0 N–H and O–H groups in total. The molecule has 3 rings (SSSR count). The summed E-state index contributed by atoms with van der Waals surface area (Å²) in [6.07, 6.45) is 0. The monoisotopic (exact) mass is 311 g/mol. The van der Waals surface area contributed by atoms with Crippen LogP contribution in [0.3, 0.4) is 0 Å². The van der Waals surface area contributed by atoms with Gasteiger partial charge in [-0.15, -0.1) is 0 Å². The van der Waals surface area contributed by atoms with Gasteiger partial charge >= 0.3 is 6.03 Å². The van der Waals surface area contributed by atoms with Gasteiger partial charge in [0.05, 0.1) is 11.6 Å². The Kier molecular flexibility index (Phi) is 4.15. The summed E-state index contributed by atoms with van der Waals surface area (Å²) >= 11 is 1.56. The third-order valence-corrected chi connectivity index (χ3v) is 4.54. The summed E-state index contributed by atoms with van der Waals surface area (Å²) in [7, 11) is 1.77. The van der Waals surface area contributed by atoms with Gasteiger partial charge in [-0.3, -0.25) is 9.80 Å². The van der Waals surface area contributed by atoms with E-state index in [0.29, 0.717) is 5.88 Å². The number of carbonyl (C=O) groups excluding carboxylic acids is 1. The molecule has 5 heteroatoms. The molecule has 2 aromatic carbocycles. The topological polar surface area (TPSA) is 35.9 Å². The first-order chi connectivity index (χ1) is 10.7. The zero-order valence-corrected chi connectivity index (χ0v) is 13.4. The summed E-state index contributed by atoms with van der Waals surface area (Å²) in [6.45, 7) is 2.02. The molecule has 1 aliphatic rings. The molecule has 0 unspecified atom stereocenters. The highest BCUT2D eigenvalue weighted by atomic mass is 32.2. The first-order valence-corrected chi connectivity index (χ1v) is 8.03. The van der Waals surface area contributed by atoms with Gasteiger partial charge in [0.25, 0.3) is 0 Å². The summed E-state index contributed by atoms with van der Waals surface area (Å²) in [6, 6.07) is 17.6. The van der Waals surface area contributed by atoms with Gasteiger partial charge in [0.1, 0.15) is 0 Å². The highest BCUT2D eigenvalue weighted by molar-refractivity contribution is 8.14. The second-order valence-electron chi connectivity index (χ2n) is 5.06. The molecule has 1 saturated heterocycles. The fourth-order valence-corrected chi connectivity index (χ4v) is 3.17. The maximum Gasteiger partial charge on any atom is 0.331 e. The van der Waals surface area contributed by atoms with Gasteiger partial charge in [-0.05, 0) is 30.7 Å². The van der Waals surface area contributed by atoms with Crippen molar-refractivity contribution in [3.8, 4) is 0 Å². The first-order valence-electron chi connectivity index (χ1n) is 7.04. The van der Waals surface area contributed by atoms with Gasteiger partial charge in [-0.2, -0.15) is 0 Å². The van der Waals surface area contributed by atoms with Crippen LogP contribution >= 0.6 is 11.8 Å². The van der Waals surface area contributed by atoms with Crippen LogP contribution in [0.1, 0.15) is 5.56 Å². The minimum absolute atomic E-state index is 0.0581. The number of anilines is 1. The fourth-order valence-electron chi connectivity index (χ4n) is 2.23. The van der Waals surface area contributed by atoms with Crippen LogP contribution in [0.2, 0.25) is 0 Å². The van der Waals surface area contributed by atoms with E-state index in [4.69, 9.17) is 0 Å². The summed E-state index contributed by atoms with van der Waals surface area (Å²) in [5, 5.41) is 0.728. The highest BCUT2D eigenvalue weighted by Crippen LogP contribution is 2.28. The van der Waals surface area contributed by atoms with Gasteiger partial charge in [0.2, 0.25) is 0 Å². The number of amides is 2. The molecule has 1 fully saturated rings. The van der Waals surface area contributed by atoms with E-state index < -0.39 is 0 Å². The molecule has 0 spiro atoms. The lowest BCUT2D eigenvalue weighted by atomic mass is 10.2. The number of nitrogens with zero attached hydrogens (tertiary/aromatic N) is 3. The van der Waals surface area contributed by atoms with Crippen LogP contribution in [-0.4, -0.2) is 29.0 Å². The van der Waals surface area contributed by atoms with Crippen molar-refractivity contribution in [2.45, 2.75) is 6.92 Å². The number of aliphatic imine (C=N–C) groups is 1. The number of thioether (sulfide) groups is 1. The molecular weight excluding hydrogens is 294 g/mol. The molecule has 0 atom stereocenters. The molecule has 0 saturated carbocycles. The lowest BCUT2D eigenvalue weighted by molar-refractivity contribution is 0.233. The third kappa shape index (κ3) is 2.85. The molecule has 0 bridgehead atoms. The predicted octanol–water partition coefficient (Wildman–Crippen LogP) is 4.25. The quantitative estimate of drug-likeness (QED) is 0.831. The Labute approximate surface area is 134 Å². The van der Waals surface area contributed by atoms with Crippen molar-refractivity contribution in [1.82, 2.24) is 4.90 Å². The molecule has 2 aromatic rings. The second-order valence-corrected chi connectivity index (χ2v) is 5.97. The standard InChI is InChI=1S/C17H17N3OS/c1-13-8-6-7-11-15(13)18-16-19(2)17(21)20(12-22-16)14-9-4-3-5-10-14/h3-11H,12H2,1-2H3. The normalized spacial score (nSPS) is 17.2. The molecule has 2 amide bonds. The van der Waals surface area contributed by atoms with Crippen molar-refractivity contribution < 1.29 is 4.79 Å². The van der Waals surface area contributed by atoms with Gasteiger partial charge in [0.15, 0.2) is 5.17 Å². The van der Waals surface area contributed by atoms with Crippen molar-refractivity contribution in [3.63, 3.8) is 0 Å². The number of urea groups is 1. The van der Waals surface area contributed by atoms with Gasteiger partial charge in [-0.25, -0.2) is 9.79 Å². The van der Waals surface area contributed by atoms with Crippen LogP contribution < -0.4 is 4.90 Å². The van der Waals surface area contributed by atoms with E-state index >= 15 is 0 Å². The molecule has 4 nitrogen and oxygen atoms in total. The first kappa shape index (κ1) is 14.7. The lowest BCUT2D eigenvalue weighted by Crippen LogP contribution is -2.48. The summed E-state index contributed by atoms with van der Waals surface area (Å²) < 4.78 is 0. The minimum Gasteiger partial charge on any atom is -0.284 e. The number of amidine groups is 1. The Morgan fingerprint density at radius 2 is 1.73 bits per heavy atom. The van der Waals surface area contributed by atoms with Crippen molar-refractivity contribution >= 4 is 34.3 Å². The van der Waals surface area contributed by atoms with E-state index in [0.717, 1.165) is 22.1 Å². The van der Waals surface area contributed by atoms with Crippen LogP contribution in [0.4, 0.5) is 16.2 Å². The average Bonchev–Trinajstić information content (AvgIpc) is 2.55. The predicted molar refractivity (Wildman–Crippen MR) is 92.8 cm³/mol. The van der Waals surface area contributed by atoms with Crippen LogP contribution in [0.5, 0.6) is 0 Å². The van der Waals surface area contributed by atoms with Crippen molar-refractivity contribution in [2.24, 2.45) is 4.99 Å². The number of carbonyl (C=O) groups is 1. The SMILES string of the molecule is Cc1ccccc1N=C1SCN(c2ccccc2)C(=O)N1C. The molecule has 1 aliphatic heterocycles. The van der Waals surface area contributed by atoms with Crippen LogP contribution in [-0.2, 0) is 0 Å². The van der Waals surface area contributed by atoms with Crippen molar-refractivity contribution in [1.29, 1.82) is 0 Å². The number of aryl methyl sites for hydroxylation is 1. The van der Waals surface area contributed by atoms with E-state index in [-0.39, 0.29) is 6.03 Å². The van der Waals surface area contributed by atoms with Gasteiger partial charge in [0, 0.05) is 12.7 Å². The Balaban J connectivity index is 1.85. The summed E-state index contributed by atoms with van der Waals surface area (Å²) in [5.74, 6) is 0.567. The lowest BCUT2D eigenvalue weighted by Gasteiger charge is -2.33. The minimum atomic E-state index is -0.0581. The molecule has 0 radical (unpaired) electrons. The molecule has 22 heavy (non-hydrogen) atoms. The molecule has 0 aromatic heterocycles. The highest BCUT2D eigenvalue weighted by Gasteiger charge is 2.29. The van der Waals surface area contributed by atoms with E-state index in [2.05, 4.69) is 4.99 Å². The van der Waals surface area contributed by atoms with Crippen LogP contribution in [0.15, 0.2) is 59.6 Å². The van der Waals surface area contributed by atoms with Crippen LogP contribution in [0, 0.1) is 6.92 Å². The zero-order chi connectivity index (χ0) is 15.5. The van der Waals surface area contributed by atoms with E-state index in [1.165, 1.54) is 0 Å². The molecular formula is C17H17N3OS. The number of benzene rings is 2. The molecule has 0 aliphatic carbocycles. The van der Waals surface area contributed by atoms with Gasteiger partial charge in [-0.1, -0.05) is 48.2 Å². The zero-order valence-electron chi connectivity index (χ0n) is 12.6. The van der Waals surface area contributed by atoms with E-state index in [9.17, 15) is 4.79 Å². The molecule has 1 heterocycles. The smallest absolute Gasteiger partial charge is 0.284 e. The Morgan fingerprint density at radius 3 is 2.45 bits per heavy atom. The number of rotatable bonds is 2. The number of hydrogen-bond donors (Lipinski definition) is 0. The maximum absolute atomic E-state index is 12.6. The van der Waals surface area contributed by atoms with Crippen molar-refractivity contribution in [3.05, 3.63) is 60.2 Å². The van der Waals surface area contributed by atoms with Crippen molar-refractivity contribution in [2.75, 3.05) is 17.8 Å². The average molecular weight is 311 g/mol. The van der Waals surface area contributed by atoms with E-state index in [1.54, 1.807) is 28.6 Å². The number of para-hydroxylation sites is 2. The second kappa shape index (κ2) is 6.23. The van der Waals surface area contributed by atoms with E-state index in [1.807, 2.05) is 61.5 Å². The van der Waals surface area contributed by atoms with Gasteiger partial charge < -0.3 is 0 Å². The Morgan fingerprint density at radius 1 is 1.05 bits per heavy atom. The summed E-state index contributed by atoms with van der Waals surface area (Å²) in [5.41, 5.74) is 2.90. The maximum atomic E-state index is 12.6. The number of hydrogen-bond acceptors (Lipinski definition) is 3. The fraction of sp³-hybridized carbons (Fsp3) is 0.176. The molecule has 112 valence electrons. The Hall–Kier alpha value is -2.27. The van der Waals surface area contributed by atoms with Crippen LogP contribution in [0.25, 0.3) is 0 Å². The largest absolute Gasteiger partial charge is 0.331 e. The summed E-state index contributed by atoms with van der Waals surface area (Å²) in [4.78, 5) is 20.6. The third-order valence-electron chi connectivity index (χ3n) is 3.53.